The van der Waals surface area contributed by atoms with Crippen molar-refractivity contribution in [1.29, 1.82) is 0 Å². The standard InChI is InChI=1S/C17H26O3/c1-6-13-9-11-8-12(17(3,4)5)10-14(15(11)20-13)16(18)19-7-2/h6,11-13H,1,7-10H2,2-5H3/t11-,12+,13+/m1/s1. The Labute approximate surface area is 122 Å². The number of esters is 1. The van der Waals surface area contributed by atoms with E-state index in [1.807, 2.05) is 13.0 Å². The molecule has 1 saturated heterocycles. The van der Waals surface area contributed by atoms with Crippen LogP contribution in [0.5, 0.6) is 0 Å². The van der Waals surface area contributed by atoms with Gasteiger partial charge >= 0.3 is 5.97 Å². The van der Waals surface area contributed by atoms with Crippen molar-refractivity contribution in [3.8, 4) is 0 Å². The lowest BCUT2D eigenvalue weighted by atomic mass is 9.68. The summed E-state index contributed by atoms with van der Waals surface area (Å²) in [5, 5.41) is 0. The molecular formula is C17H26O3. The van der Waals surface area contributed by atoms with E-state index in [-0.39, 0.29) is 17.5 Å². The van der Waals surface area contributed by atoms with Gasteiger partial charge in [-0.25, -0.2) is 4.79 Å². The normalized spacial score (nSPS) is 29.7. The van der Waals surface area contributed by atoms with Gasteiger partial charge in [-0.3, -0.25) is 0 Å². The maximum absolute atomic E-state index is 12.2. The van der Waals surface area contributed by atoms with E-state index in [0.717, 1.165) is 30.6 Å². The largest absolute Gasteiger partial charge is 0.490 e. The maximum Gasteiger partial charge on any atom is 0.337 e. The molecule has 0 radical (unpaired) electrons. The molecule has 2 aliphatic rings. The third-order valence-electron chi connectivity index (χ3n) is 4.49. The van der Waals surface area contributed by atoms with Crippen molar-refractivity contribution in [3.05, 3.63) is 24.0 Å². The van der Waals surface area contributed by atoms with Gasteiger partial charge in [0.05, 0.1) is 12.2 Å². The Bertz CT molecular complexity index is 428. The zero-order valence-electron chi connectivity index (χ0n) is 13.1. The number of fused-ring (bicyclic) bond motifs is 1. The molecule has 0 amide bonds. The topological polar surface area (TPSA) is 35.5 Å². The van der Waals surface area contributed by atoms with Gasteiger partial charge in [-0.1, -0.05) is 33.4 Å². The Morgan fingerprint density at radius 3 is 2.70 bits per heavy atom. The first-order chi connectivity index (χ1) is 9.36. The molecule has 0 N–H and O–H groups in total. The zero-order chi connectivity index (χ0) is 14.9. The summed E-state index contributed by atoms with van der Waals surface area (Å²) in [5.41, 5.74) is 0.947. The first-order valence-corrected chi connectivity index (χ1v) is 7.56. The lowest BCUT2D eigenvalue weighted by Crippen LogP contribution is -2.30. The van der Waals surface area contributed by atoms with Gasteiger partial charge in [0.15, 0.2) is 0 Å². The van der Waals surface area contributed by atoms with Gasteiger partial charge in [0.25, 0.3) is 0 Å². The Hall–Kier alpha value is -1.25. The Morgan fingerprint density at radius 2 is 2.15 bits per heavy atom. The van der Waals surface area contributed by atoms with E-state index in [4.69, 9.17) is 9.47 Å². The molecular weight excluding hydrogens is 252 g/mol. The summed E-state index contributed by atoms with van der Waals surface area (Å²) >= 11 is 0. The smallest absolute Gasteiger partial charge is 0.337 e. The summed E-state index contributed by atoms with van der Waals surface area (Å²) in [6.07, 6.45) is 4.66. The number of carbonyl (C=O) groups is 1. The molecule has 2 rings (SSSR count). The molecule has 0 aromatic rings. The van der Waals surface area contributed by atoms with Gasteiger partial charge in [0.2, 0.25) is 0 Å². The van der Waals surface area contributed by atoms with E-state index < -0.39 is 0 Å². The highest BCUT2D eigenvalue weighted by atomic mass is 16.5. The predicted octanol–water partition coefficient (Wildman–Crippen LogP) is 3.85. The van der Waals surface area contributed by atoms with Crippen LogP contribution >= 0.6 is 0 Å². The first-order valence-electron chi connectivity index (χ1n) is 7.56. The maximum atomic E-state index is 12.2. The highest BCUT2D eigenvalue weighted by molar-refractivity contribution is 5.89. The number of hydrogen-bond donors (Lipinski definition) is 0. The molecule has 0 unspecified atom stereocenters. The van der Waals surface area contributed by atoms with Gasteiger partial charge in [-0.05, 0) is 37.5 Å². The minimum Gasteiger partial charge on any atom is -0.490 e. The molecule has 3 heteroatoms. The van der Waals surface area contributed by atoms with E-state index >= 15 is 0 Å². The molecule has 1 aliphatic carbocycles. The van der Waals surface area contributed by atoms with Crippen molar-refractivity contribution in [2.75, 3.05) is 6.61 Å². The van der Waals surface area contributed by atoms with Crippen molar-refractivity contribution < 1.29 is 14.3 Å². The fourth-order valence-electron chi connectivity index (χ4n) is 3.20. The molecule has 3 nitrogen and oxygen atoms in total. The number of carbonyl (C=O) groups excluding carboxylic acids is 1. The van der Waals surface area contributed by atoms with Crippen molar-refractivity contribution in [2.24, 2.45) is 17.3 Å². The number of allylic oxidation sites excluding steroid dienone is 1. The molecule has 112 valence electrons. The second-order valence-electron chi connectivity index (χ2n) is 6.89. The molecule has 20 heavy (non-hydrogen) atoms. The second kappa shape index (κ2) is 5.63. The molecule has 3 atom stereocenters. The van der Waals surface area contributed by atoms with Crippen LogP contribution in [0.25, 0.3) is 0 Å². The van der Waals surface area contributed by atoms with Crippen LogP contribution < -0.4 is 0 Å². The lowest BCUT2D eigenvalue weighted by molar-refractivity contribution is -0.139. The molecule has 1 heterocycles. The van der Waals surface area contributed by atoms with Crippen LogP contribution in [0.3, 0.4) is 0 Å². The number of rotatable bonds is 3. The molecule has 0 aromatic carbocycles. The first kappa shape index (κ1) is 15.1. The predicted molar refractivity (Wildman–Crippen MR) is 79.0 cm³/mol. The van der Waals surface area contributed by atoms with Crippen molar-refractivity contribution >= 4 is 5.97 Å². The van der Waals surface area contributed by atoms with Gasteiger partial charge in [0.1, 0.15) is 11.9 Å². The third kappa shape index (κ3) is 2.92. The molecule has 0 aromatic heterocycles. The van der Waals surface area contributed by atoms with Crippen LogP contribution in [0.4, 0.5) is 0 Å². The second-order valence-corrected chi connectivity index (χ2v) is 6.89. The average molecular weight is 278 g/mol. The fraction of sp³-hybridized carbons (Fsp3) is 0.706. The summed E-state index contributed by atoms with van der Waals surface area (Å²) in [5.74, 6) is 1.50. The van der Waals surface area contributed by atoms with E-state index in [9.17, 15) is 4.79 Å². The van der Waals surface area contributed by atoms with Gasteiger partial charge in [-0.2, -0.15) is 0 Å². The van der Waals surface area contributed by atoms with Gasteiger partial charge in [0, 0.05) is 5.92 Å². The lowest BCUT2D eigenvalue weighted by Gasteiger charge is -2.36. The Morgan fingerprint density at radius 1 is 1.45 bits per heavy atom. The van der Waals surface area contributed by atoms with Crippen LogP contribution in [-0.4, -0.2) is 18.7 Å². The van der Waals surface area contributed by atoms with E-state index in [1.165, 1.54) is 0 Å². The van der Waals surface area contributed by atoms with Gasteiger partial charge < -0.3 is 9.47 Å². The van der Waals surface area contributed by atoms with Crippen LogP contribution in [0.2, 0.25) is 0 Å². The van der Waals surface area contributed by atoms with E-state index in [1.54, 1.807) is 0 Å². The highest BCUT2D eigenvalue weighted by Crippen LogP contribution is 2.48. The molecule has 0 spiro atoms. The van der Waals surface area contributed by atoms with Crippen LogP contribution in [0.15, 0.2) is 24.0 Å². The number of ether oxygens (including phenoxy) is 2. The minimum atomic E-state index is -0.203. The Balaban J connectivity index is 2.30. The summed E-state index contributed by atoms with van der Waals surface area (Å²) < 4.78 is 11.1. The molecule has 0 saturated carbocycles. The fourth-order valence-corrected chi connectivity index (χ4v) is 3.20. The van der Waals surface area contributed by atoms with Crippen molar-refractivity contribution in [2.45, 2.75) is 53.1 Å². The zero-order valence-corrected chi connectivity index (χ0v) is 13.1. The van der Waals surface area contributed by atoms with E-state index in [2.05, 4.69) is 27.4 Å². The average Bonchev–Trinajstić information content (AvgIpc) is 2.79. The number of hydrogen-bond acceptors (Lipinski definition) is 3. The molecule has 0 bridgehead atoms. The summed E-state index contributed by atoms with van der Waals surface area (Å²) in [4.78, 5) is 12.2. The summed E-state index contributed by atoms with van der Waals surface area (Å²) in [6.45, 7) is 12.8. The molecule has 1 aliphatic heterocycles. The monoisotopic (exact) mass is 278 g/mol. The van der Waals surface area contributed by atoms with Crippen LogP contribution in [0, 0.1) is 17.3 Å². The van der Waals surface area contributed by atoms with Gasteiger partial charge in [-0.15, -0.1) is 0 Å². The van der Waals surface area contributed by atoms with E-state index in [0.29, 0.717) is 18.4 Å². The Kier molecular flexibility index (Phi) is 4.26. The van der Waals surface area contributed by atoms with Crippen molar-refractivity contribution in [3.63, 3.8) is 0 Å². The van der Waals surface area contributed by atoms with Crippen LogP contribution in [-0.2, 0) is 14.3 Å². The SMILES string of the molecule is C=C[C@H]1C[C@H]2C[C@H](C(C)(C)C)CC(C(=O)OCC)=C2O1. The summed E-state index contributed by atoms with van der Waals surface area (Å²) in [6, 6.07) is 0. The highest BCUT2D eigenvalue weighted by Gasteiger charge is 2.43. The quantitative estimate of drug-likeness (QED) is 0.581. The molecule has 1 fully saturated rings. The van der Waals surface area contributed by atoms with Crippen LogP contribution in [0.1, 0.15) is 47.0 Å². The summed E-state index contributed by atoms with van der Waals surface area (Å²) in [7, 11) is 0. The minimum absolute atomic E-state index is 0.0399. The van der Waals surface area contributed by atoms with Crippen molar-refractivity contribution in [1.82, 2.24) is 0 Å². The third-order valence-corrected chi connectivity index (χ3v) is 4.49.